The lowest BCUT2D eigenvalue weighted by Crippen LogP contribution is -2.42. The minimum absolute atomic E-state index is 0.0271. The van der Waals surface area contributed by atoms with Crippen molar-refractivity contribution in [1.82, 2.24) is 24.8 Å². The fraction of sp³-hybridized carbons (Fsp3) is 0.174. The van der Waals surface area contributed by atoms with Crippen molar-refractivity contribution >= 4 is 28.4 Å². The lowest BCUT2D eigenvalue weighted by molar-refractivity contribution is -0.0246. The molecule has 4 heterocycles. The summed E-state index contributed by atoms with van der Waals surface area (Å²) in [4.78, 5) is 32.4. The molecule has 154 valence electrons. The number of morpholine rings is 1. The first-order chi connectivity index (χ1) is 15.3. The number of hydrogen-bond donors (Lipinski definition) is 1. The molecule has 1 aromatic carbocycles. The summed E-state index contributed by atoms with van der Waals surface area (Å²) in [6.07, 6.45) is 6.28. The topological polar surface area (TPSA) is 93.1 Å². The summed E-state index contributed by atoms with van der Waals surface area (Å²) in [5.74, 6) is 1.23. The van der Waals surface area contributed by atoms with Gasteiger partial charge >= 0.3 is 0 Å². The quantitative estimate of drug-likeness (QED) is 0.549. The van der Waals surface area contributed by atoms with Crippen LogP contribution in [0, 0.1) is 0 Å². The monoisotopic (exact) mass is 412 g/mol. The SMILES string of the molecule is O=C(c1cccc2ncccc12)N1CCO[C@@H](c2cccc(Nc3cnccn3)n2)C1. The number of carbonyl (C=O) groups excluding carboxylic acids is 1. The van der Waals surface area contributed by atoms with E-state index in [1.165, 1.54) is 0 Å². The molecular formula is C23H20N6O2. The van der Waals surface area contributed by atoms with Crippen LogP contribution in [-0.2, 0) is 4.74 Å². The summed E-state index contributed by atoms with van der Waals surface area (Å²) in [7, 11) is 0. The molecule has 0 bridgehead atoms. The van der Waals surface area contributed by atoms with Crippen LogP contribution in [0.15, 0.2) is 73.3 Å². The average Bonchev–Trinajstić information content (AvgIpc) is 2.84. The van der Waals surface area contributed by atoms with E-state index in [0.717, 1.165) is 16.6 Å². The molecule has 1 N–H and O–H groups in total. The molecule has 0 radical (unpaired) electrons. The van der Waals surface area contributed by atoms with Gasteiger partial charge in [0.05, 0.1) is 30.6 Å². The Morgan fingerprint density at radius 2 is 1.94 bits per heavy atom. The van der Waals surface area contributed by atoms with Gasteiger partial charge in [0.2, 0.25) is 0 Å². The Morgan fingerprint density at radius 3 is 2.84 bits per heavy atom. The first-order valence-electron chi connectivity index (χ1n) is 10.0. The maximum Gasteiger partial charge on any atom is 0.254 e. The standard InChI is InChI=1S/C23H20N6O2/c30-23(17-4-1-6-18-16(17)5-3-9-25-18)29-12-13-31-20(15-29)19-7-2-8-21(27-19)28-22-14-24-10-11-26-22/h1-11,14,20H,12-13,15H2,(H,26,27,28)/t20-/m1/s1. The predicted octanol–water partition coefficient (Wildman–Crippen LogP) is 3.38. The zero-order valence-electron chi connectivity index (χ0n) is 16.7. The van der Waals surface area contributed by atoms with Gasteiger partial charge in [-0.1, -0.05) is 18.2 Å². The molecule has 8 nitrogen and oxygen atoms in total. The van der Waals surface area contributed by atoms with Crippen molar-refractivity contribution in [3.63, 3.8) is 0 Å². The van der Waals surface area contributed by atoms with Crippen molar-refractivity contribution in [3.05, 3.63) is 84.6 Å². The van der Waals surface area contributed by atoms with E-state index in [1.54, 1.807) is 24.8 Å². The van der Waals surface area contributed by atoms with Crippen LogP contribution in [0.3, 0.4) is 0 Å². The number of pyridine rings is 2. The Kier molecular flexibility index (Phi) is 5.20. The second-order valence-corrected chi connectivity index (χ2v) is 7.15. The molecule has 1 fully saturated rings. The molecule has 1 aliphatic heterocycles. The highest BCUT2D eigenvalue weighted by Crippen LogP contribution is 2.25. The van der Waals surface area contributed by atoms with Gasteiger partial charge in [-0.3, -0.25) is 14.8 Å². The number of benzene rings is 1. The van der Waals surface area contributed by atoms with Crippen LogP contribution >= 0.6 is 0 Å². The number of rotatable bonds is 4. The molecule has 0 aliphatic carbocycles. The molecule has 0 unspecified atom stereocenters. The molecule has 0 spiro atoms. The van der Waals surface area contributed by atoms with Crippen LogP contribution in [0.1, 0.15) is 22.2 Å². The van der Waals surface area contributed by atoms with Gasteiger partial charge in [-0.2, -0.15) is 0 Å². The lowest BCUT2D eigenvalue weighted by atomic mass is 10.1. The smallest absolute Gasteiger partial charge is 0.254 e. The maximum absolute atomic E-state index is 13.3. The van der Waals surface area contributed by atoms with Crippen molar-refractivity contribution in [1.29, 1.82) is 0 Å². The van der Waals surface area contributed by atoms with Gasteiger partial charge < -0.3 is 15.0 Å². The van der Waals surface area contributed by atoms with Crippen LogP contribution < -0.4 is 5.32 Å². The lowest BCUT2D eigenvalue weighted by Gasteiger charge is -2.33. The summed E-state index contributed by atoms with van der Waals surface area (Å²) < 4.78 is 5.95. The Bertz CT molecular complexity index is 1210. The van der Waals surface area contributed by atoms with Gasteiger partial charge in [-0.05, 0) is 30.3 Å². The highest BCUT2D eigenvalue weighted by Gasteiger charge is 2.28. The Hall–Kier alpha value is -3.91. The molecule has 8 heteroatoms. The summed E-state index contributed by atoms with van der Waals surface area (Å²) in [5, 5.41) is 3.99. The average molecular weight is 412 g/mol. The van der Waals surface area contributed by atoms with E-state index >= 15 is 0 Å². The van der Waals surface area contributed by atoms with E-state index in [0.29, 0.717) is 36.9 Å². The summed E-state index contributed by atoms with van der Waals surface area (Å²) in [6, 6.07) is 15.1. The largest absolute Gasteiger partial charge is 0.368 e. The Labute approximate surface area is 179 Å². The second kappa shape index (κ2) is 8.45. The number of anilines is 2. The van der Waals surface area contributed by atoms with Gasteiger partial charge in [-0.25, -0.2) is 9.97 Å². The van der Waals surface area contributed by atoms with Crippen molar-refractivity contribution in [2.45, 2.75) is 6.10 Å². The normalized spacial score (nSPS) is 16.3. The van der Waals surface area contributed by atoms with Crippen LogP contribution in [0.25, 0.3) is 10.9 Å². The van der Waals surface area contributed by atoms with E-state index in [9.17, 15) is 4.79 Å². The number of hydrogen-bond acceptors (Lipinski definition) is 7. The summed E-state index contributed by atoms with van der Waals surface area (Å²) in [6.45, 7) is 1.41. The summed E-state index contributed by atoms with van der Waals surface area (Å²) in [5.41, 5.74) is 2.21. The van der Waals surface area contributed by atoms with Crippen LogP contribution in [0.5, 0.6) is 0 Å². The fourth-order valence-electron chi connectivity index (χ4n) is 3.67. The highest BCUT2D eigenvalue weighted by atomic mass is 16.5. The fourth-order valence-corrected chi connectivity index (χ4v) is 3.67. The van der Waals surface area contributed by atoms with E-state index < -0.39 is 0 Å². The van der Waals surface area contributed by atoms with Crippen LogP contribution in [0.4, 0.5) is 11.6 Å². The number of aromatic nitrogens is 4. The third-order valence-corrected chi connectivity index (χ3v) is 5.15. The van der Waals surface area contributed by atoms with Crippen molar-refractivity contribution in [2.24, 2.45) is 0 Å². The number of carbonyl (C=O) groups is 1. The highest BCUT2D eigenvalue weighted by molar-refractivity contribution is 6.06. The van der Waals surface area contributed by atoms with Gasteiger partial charge in [0.1, 0.15) is 17.7 Å². The minimum atomic E-state index is -0.311. The first kappa shape index (κ1) is 19.1. The third kappa shape index (κ3) is 4.06. The molecule has 1 atom stereocenters. The van der Waals surface area contributed by atoms with Gasteiger partial charge in [0, 0.05) is 36.1 Å². The van der Waals surface area contributed by atoms with Gasteiger partial charge in [0.15, 0.2) is 0 Å². The van der Waals surface area contributed by atoms with Crippen molar-refractivity contribution in [3.8, 4) is 0 Å². The van der Waals surface area contributed by atoms with Crippen molar-refractivity contribution < 1.29 is 9.53 Å². The molecule has 1 amide bonds. The van der Waals surface area contributed by atoms with E-state index in [4.69, 9.17) is 4.74 Å². The third-order valence-electron chi connectivity index (χ3n) is 5.15. The molecule has 5 rings (SSSR count). The predicted molar refractivity (Wildman–Crippen MR) is 116 cm³/mol. The molecule has 0 saturated carbocycles. The molecule has 31 heavy (non-hydrogen) atoms. The molecule has 3 aromatic heterocycles. The van der Waals surface area contributed by atoms with Gasteiger partial charge in [0.25, 0.3) is 5.91 Å². The Morgan fingerprint density at radius 1 is 1.00 bits per heavy atom. The maximum atomic E-state index is 13.3. The summed E-state index contributed by atoms with van der Waals surface area (Å²) >= 11 is 0. The zero-order valence-corrected chi connectivity index (χ0v) is 16.7. The van der Waals surface area contributed by atoms with E-state index in [2.05, 4.69) is 25.3 Å². The number of nitrogens with one attached hydrogen (secondary N) is 1. The van der Waals surface area contributed by atoms with Crippen LogP contribution in [-0.4, -0.2) is 50.4 Å². The number of fused-ring (bicyclic) bond motifs is 1. The first-order valence-corrected chi connectivity index (χ1v) is 10.0. The number of nitrogens with zero attached hydrogens (tertiary/aromatic N) is 5. The van der Waals surface area contributed by atoms with Crippen molar-refractivity contribution in [2.75, 3.05) is 25.0 Å². The van der Waals surface area contributed by atoms with E-state index in [-0.39, 0.29) is 12.0 Å². The molecule has 4 aromatic rings. The van der Waals surface area contributed by atoms with Crippen LogP contribution in [0.2, 0.25) is 0 Å². The Balaban J connectivity index is 1.36. The second-order valence-electron chi connectivity index (χ2n) is 7.15. The van der Waals surface area contributed by atoms with Gasteiger partial charge in [-0.15, -0.1) is 0 Å². The minimum Gasteiger partial charge on any atom is -0.368 e. The molecule has 1 saturated heterocycles. The molecular weight excluding hydrogens is 392 g/mol. The molecule has 1 aliphatic rings. The van der Waals surface area contributed by atoms with E-state index in [1.807, 2.05) is 53.4 Å². The number of ether oxygens (including phenoxy) is 1. The number of amides is 1. The zero-order chi connectivity index (χ0) is 21.0.